The van der Waals surface area contributed by atoms with Gasteiger partial charge in [0.15, 0.2) is 10.6 Å². The molecule has 0 atom stereocenters. The molecule has 0 saturated heterocycles. The van der Waals surface area contributed by atoms with Crippen molar-refractivity contribution in [2.45, 2.75) is 51.1 Å². The van der Waals surface area contributed by atoms with E-state index in [2.05, 4.69) is 20.8 Å². The van der Waals surface area contributed by atoms with Gasteiger partial charge in [-0.3, -0.25) is 19.3 Å². The highest BCUT2D eigenvalue weighted by Crippen LogP contribution is 2.35. The third kappa shape index (κ3) is 3.94. The smallest absolute Gasteiger partial charge is 0.223 e. The Morgan fingerprint density at radius 1 is 1.27 bits per heavy atom. The predicted molar refractivity (Wildman–Crippen MR) is 82.5 cm³/mol. The van der Waals surface area contributed by atoms with Gasteiger partial charge >= 0.3 is 0 Å². The summed E-state index contributed by atoms with van der Waals surface area (Å²) in [5.41, 5.74) is 0. The largest absolute Gasteiger partial charge is 0.356 e. The first kappa shape index (κ1) is 15.2. The molecular formula is C14H21N5O2S. The van der Waals surface area contributed by atoms with Gasteiger partial charge in [0, 0.05) is 24.9 Å². The minimum absolute atomic E-state index is 0.0306. The summed E-state index contributed by atoms with van der Waals surface area (Å²) >= 11 is 5.20. The summed E-state index contributed by atoms with van der Waals surface area (Å²) in [4.78, 5) is 23.2. The van der Waals surface area contributed by atoms with E-state index < -0.39 is 0 Å². The van der Waals surface area contributed by atoms with Crippen LogP contribution in [0.15, 0.2) is 0 Å². The van der Waals surface area contributed by atoms with Crippen molar-refractivity contribution in [3.8, 4) is 0 Å². The van der Waals surface area contributed by atoms with Crippen LogP contribution < -0.4 is 10.6 Å². The molecule has 3 N–H and O–H groups in total. The van der Waals surface area contributed by atoms with Crippen LogP contribution in [0, 0.1) is 10.7 Å². The minimum atomic E-state index is -0.0306. The van der Waals surface area contributed by atoms with E-state index in [0.717, 1.165) is 31.5 Å². The third-order valence-corrected chi connectivity index (χ3v) is 4.25. The Bertz CT molecular complexity index is 615. The van der Waals surface area contributed by atoms with Crippen molar-refractivity contribution >= 4 is 24.0 Å². The molecule has 2 saturated carbocycles. The van der Waals surface area contributed by atoms with Crippen LogP contribution >= 0.6 is 12.2 Å². The van der Waals surface area contributed by atoms with E-state index >= 15 is 0 Å². The number of rotatable bonds is 8. The zero-order chi connectivity index (χ0) is 15.5. The van der Waals surface area contributed by atoms with Gasteiger partial charge in [0.2, 0.25) is 11.8 Å². The lowest BCUT2D eigenvalue weighted by Crippen LogP contribution is -2.28. The fourth-order valence-corrected chi connectivity index (χ4v) is 2.69. The first-order valence-corrected chi connectivity index (χ1v) is 8.26. The van der Waals surface area contributed by atoms with Gasteiger partial charge in [-0.05, 0) is 44.3 Å². The van der Waals surface area contributed by atoms with Crippen molar-refractivity contribution in [1.82, 2.24) is 25.4 Å². The maximum absolute atomic E-state index is 11.8. The van der Waals surface area contributed by atoms with Crippen LogP contribution in [0.4, 0.5) is 0 Å². The molecule has 22 heavy (non-hydrogen) atoms. The Labute approximate surface area is 133 Å². The molecule has 1 aromatic heterocycles. The number of amides is 2. The molecule has 0 unspecified atom stereocenters. The van der Waals surface area contributed by atoms with Crippen molar-refractivity contribution in [3.63, 3.8) is 0 Å². The van der Waals surface area contributed by atoms with Gasteiger partial charge in [0.1, 0.15) is 0 Å². The number of hydrogen-bond donors (Lipinski definition) is 3. The molecule has 0 radical (unpaired) electrons. The van der Waals surface area contributed by atoms with E-state index in [4.69, 9.17) is 12.2 Å². The summed E-state index contributed by atoms with van der Waals surface area (Å²) in [6.07, 6.45) is 5.30. The van der Waals surface area contributed by atoms with Gasteiger partial charge < -0.3 is 10.6 Å². The van der Waals surface area contributed by atoms with E-state index in [1.165, 1.54) is 0 Å². The number of carbonyl (C=O) groups is 2. The molecule has 0 aromatic carbocycles. The lowest BCUT2D eigenvalue weighted by atomic mass is 10.3. The number of nitrogens with one attached hydrogen (secondary N) is 3. The Balaban J connectivity index is 1.35. The second kappa shape index (κ2) is 6.60. The molecule has 0 spiro atoms. The highest BCUT2D eigenvalue weighted by atomic mass is 32.1. The molecule has 7 nitrogen and oxygen atoms in total. The van der Waals surface area contributed by atoms with Crippen LogP contribution in [0.3, 0.4) is 0 Å². The second-order valence-corrected chi connectivity index (χ2v) is 6.38. The second-order valence-electron chi connectivity index (χ2n) is 5.99. The molecule has 2 aliphatic carbocycles. The zero-order valence-corrected chi connectivity index (χ0v) is 13.2. The molecule has 2 amide bonds. The Hall–Kier alpha value is -1.70. The Morgan fingerprint density at radius 2 is 2.05 bits per heavy atom. The molecule has 120 valence electrons. The number of H-pyrrole nitrogens is 1. The van der Waals surface area contributed by atoms with Gasteiger partial charge in [0.05, 0.1) is 6.54 Å². The summed E-state index contributed by atoms with van der Waals surface area (Å²) in [5.74, 6) is 1.10. The van der Waals surface area contributed by atoms with E-state index in [9.17, 15) is 9.59 Å². The van der Waals surface area contributed by atoms with E-state index in [-0.39, 0.29) is 17.7 Å². The maximum atomic E-state index is 11.8. The molecule has 8 heteroatoms. The number of nitrogens with zero attached hydrogens (tertiary/aromatic N) is 2. The first-order valence-electron chi connectivity index (χ1n) is 7.85. The average molecular weight is 323 g/mol. The van der Waals surface area contributed by atoms with Crippen LogP contribution in [0.1, 0.15) is 50.4 Å². The van der Waals surface area contributed by atoms with Gasteiger partial charge in [0.25, 0.3) is 0 Å². The van der Waals surface area contributed by atoms with Crippen molar-refractivity contribution in [3.05, 3.63) is 10.6 Å². The summed E-state index contributed by atoms with van der Waals surface area (Å²) < 4.78 is 2.61. The molecule has 2 fully saturated rings. The van der Waals surface area contributed by atoms with Gasteiger partial charge in [-0.1, -0.05) is 0 Å². The standard InChI is InChI=1S/C14H21N5O2S/c20-12(2-1-7-15-13(21)9-3-4-9)16-8-11-17-18-14(22)19(11)10-5-6-10/h9-10H,1-8H2,(H,15,21)(H,16,20)(H,18,22). The lowest BCUT2D eigenvalue weighted by Gasteiger charge is -2.07. The van der Waals surface area contributed by atoms with Crippen LogP contribution in [0.25, 0.3) is 0 Å². The summed E-state index contributed by atoms with van der Waals surface area (Å²) in [5, 5.41) is 12.7. The molecule has 0 bridgehead atoms. The molecule has 1 heterocycles. The zero-order valence-electron chi connectivity index (χ0n) is 12.4. The maximum Gasteiger partial charge on any atom is 0.223 e. The Morgan fingerprint density at radius 3 is 2.73 bits per heavy atom. The monoisotopic (exact) mass is 323 g/mol. The van der Waals surface area contributed by atoms with E-state index in [1.54, 1.807) is 0 Å². The first-order chi connectivity index (χ1) is 10.6. The quantitative estimate of drug-likeness (QED) is 0.495. The normalized spacial score (nSPS) is 17.3. The highest BCUT2D eigenvalue weighted by Gasteiger charge is 2.29. The van der Waals surface area contributed by atoms with Gasteiger partial charge in [-0.15, -0.1) is 0 Å². The SMILES string of the molecule is O=C(CCCNC(=O)C1CC1)NCc1n[nH]c(=S)n1C1CC1. The van der Waals surface area contributed by atoms with Crippen LogP contribution in [0.2, 0.25) is 0 Å². The summed E-state index contributed by atoms with van der Waals surface area (Å²) in [6, 6.07) is 0.441. The third-order valence-electron chi connectivity index (χ3n) is 3.96. The highest BCUT2D eigenvalue weighted by molar-refractivity contribution is 7.71. The van der Waals surface area contributed by atoms with Crippen molar-refractivity contribution in [2.75, 3.05) is 6.54 Å². The van der Waals surface area contributed by atoms with Crippen LogP contribution in [-0.2, 0) is 16.1 Å². The Kier molecular flexibility index (Phi) is 4.56. The van der Waals surface area contributed by atoms with E-state index in [0.29, 0.717) is 36.7 Å². The fourth-order valence-electron chi connectivity index (χ4n) is 2.39. The van der Waals surface area contributed by atoms with Crippen molar-refractivity contribution < 1.29 is 9.59 Å². The number of hydrogen-bond acceptors (Lipinski definition) is 4. The molecule has 3 rings (SSSR count). The molecule has 2 aliphatic rings. The molecular weight excluding hydrogens is 302 g/mol. The van der Waals surface area contributed by atoms with Gasteiger partial charge in [-0.25, -0.2) is 0 Å². The number of aromatic nitrogens is 3. The van der Waals surface area contributed by atoms with Crippen molar-refractivity contribution in [2.24, 2.45) is 5.92 Å². The minimum Gasteiger partial charge on any atom is -0.356 e. The predicted octanol–water partition coefficient (Wildman–Crippen LogP) is 1.20. The number of aromatic amines is 1. The lowest BCUT2D eigenvalue weighted by molar-refractivity contribution is -0.123. The molecule has 0 aliphatic heterocycles. The average Bonchev–Trinajstić information content (AvgIpc) is 3.40. The van der Waals surface area contributed by atoms with E-state index in [1.807, 2.05) is 4.57 Å². The van der Waals surface area contributed by atoms with Crippen LogP contribution in [-0.4, -0.2) is 33.1 Å². The summed E-state index contributed by atoms with van der Waals surface area (Å²) in [6.45, 7) is 0.945. The van der Waals surface area contributed by atoms with Crippen molar-refractivity contribution in [1.29, 1.82) is 0 Å². The number of carbonyl (C=O) groups excluding carboxylic acids is 2. The van der Waals surface area contributed by atoms with Gasteiger partial charge in [-0.2, -0.15) is 5.10 Å². The molecule has 1 aromatic rings. The topological polar surface area (TPSA) is 91.8 Å². The van der Waals surface area contributed by atoms with Crippen LogP contribution in [0.5, 0.6) is 0 Å². The summed E-state index contributed by atoms with van der Waals surface area (Å²) in [7, 11) is 0. The fraction of sp³-hybridized carbons (Fsp3) is 0.714.